The molecule has 0 spiro atoms. The number of hydrogen-bond acceptors (Lipinski definition) is 5. The average molecular weight is 247 g/mol. The van der Waals surface area contributed by atoms with E-state index in [9.17, 15) is 4.39 Å². The van der Waals surface area contributed by atoms with Gasteiger partial charge in [0.2, 0.25) is 5.95 Å². The first-order valence-electron chi connectivity index (χ1n) is 5.47. The molecule has 0 aliphatic heterocycles. The maximum atomic E-state index is 13.0. The minimum absolute atomic E-state index is 0.252. The quantitative estimate of drug-likeness (QED) is 0.567. The predicted molar refractivity (Wildman–Crippen MR) is 68.3 cm³/mol. The van der Waals surface area contributed by atoms with Gasteiger partial charge in [-0.15, -0.1) is 0 Å². The number of hydrogen-bond donors (Lipinski definition) is 3. The monoisotopic (exact) mass is 247 g/mol. The maximum Gasteiger partial charge on any atom is 0.239 e. The summed E-state index contributed by atoms with van der Waals surface area (Å²) >= 11 is 0. The van der Waals surface area contributed by atoms with Crippen LogP contribution in [0.3, 0.4) is 0 Å². The maximum absolute atomic E-state index is 13.0. The number of halogens is 1. The van der Waals surface area contributed by atoms with Gasteiger partial charge in [0.25, 0.3) is 0 Å². The number of nitrogen functional groups attached to an aromatic ring is 1. The molecule has 0 atom stereocenters. The molecule has 0 saturated heterocycles. The van der Waals surface area contributed by atoms with Gasteiger partial charge >= 0.3 is 0 Å². The molecule has 0 radical (unpaired) electrons. The Labute approximate surface area is 104 Å². The Kier molecular flexibility index (Phi) is 3.69. The Hall–Kier alpha value is -2.21. The smallest absolute Gasteiger partial charge is 0.239 e. The van der Waals surface area contributed by atoms with Crippen molar-refractivity contribution in [1.29, 1.82) is 0 Å². The number of nitrogens with one attached hydrogen (secondary N) is 2. The van der Waals surface area contributed by atoms with Gasteiger partial charge in [-0.1, -0.05) is 12.1 Å². The first-order chi connectivity index (χ1) is 8.69. The largest absolute Gasteiger partial charge is 0.366 e. The molecule has 0 unspecified atom stereocenters. The second-order valence-corrected chi connectivity index (χ2v) is 3.85. The van der Waals surface area contributed by atoms with Crippen LogP contribution in [0.1, 0.15) is 11.1 Å². The van der Waals surface area contributed by atoms with Crippen molar-refractivity contribution in [2.24, 2.45) is 5.84 Å². The van der Waals surface area contributed by atoms with E-state index < -0.39 is 0 Å². The van der Waals surface area contributed by atoms with Crippen molar-refractivity contribution < 1.29 is 4.39 Å². The van der Waals surface area contributed by atoms with Crippen LogP contribution in [-0.2, 0) is 6.54 Å². The highest BCUT2D eigenvalue weighted by atomic mass is 19.1. The Balaban J connectivity index is 2.10. The van der Waals surface area contributed by atoms with E-state index in [0.29, 0.717) is 18.3 Å². The van der Waals surface area contributed by atoms with Gasteiger partial charge < -0.3 is 5.32 Å². The summed E-state index contributed by atoms with van der Waals surface area (Å²) in [5.41, 5.74) is 4.12. The van der Waals surface area contributed by atoms with E-state index in [0.717, 1.165) is 11.1 Å². The molecule has 1 aromatic carbocycles. The molecule has 1 heterocycles. The Morgan fingerprint density at radius 3 is 2.94 bits per heavy atom. The van der Waals surface area contributed by atoms with Crippen LogP contribution in [0.15, 0.2) is 30.5 Å². The fourth-order valence-corrected chi connectivity index (χ4v) is 1.52. The van der Waals surface area contributed by atoms with E-state index in [-0.39, 0.29) is 5.82 Å². The molecule has 0 aliphatic rings. The topological polar surface area (TPSA) is 75.9 Å². The number of aryl methyl sites for hydroxylation is 1. The van der Waals surface area contributed by atoms with Gasteiger partial charge in [-0.3, -0.25) is 5.43 Å². The highest BCUT2D eigenvalue weighted by Crippen LogP contribution is 2.13. The third-order valence-electron chi connectivity index (χ3n) is 2.45. The van der Waals surface area contributed by atoms with Crippen molar-refractivity contribution in [3.05, 3.63) is 47.4 Å². The number of benzene rings is 1. The summed E-state index contributed by atoms with van der Waals surface area (Å²) < 4.78 is 13.0. The van der Waals surface area contributed by atoms with Gasteiger partial charge in [-0.25, -0.2) is 15.2 Å². The van der Waals surface area contributed by atoms with Crippen molar-refractivity contribution in [3.8, 4) is 0 Å². The second kappa shape index (κ2) is 5.42. The SMILES string of the molecule is Cc1cnc(NN)nc1NCc1cccc(F)c1. The standard InChI is InChI=1S/C12H14FN5/c1-8-6-16-12(18-14)17-11(8)15-7-9-3-2-4-10(13)5-9/h2-6H,7,14H2,1H3,(H2,15,16,17,18). The number of aromatic nitrogens is 2. The summed E-state index contributed by atoms with van der Waals surface area (Å²) in [6.45, 7) is 2.37. The van der Waals surface area contributed by atoms with Crippen LogP contribution in [0.5, 0.6) is 0 Å². The van der Waals surface area contributed by atoms with Crippen molar-refractivity contribution >= 4 is 11.8 Å². The van der Waals surface area contributed by atoms with E-state index in [1.165, 1.54) is 12.1 Å². The first kappa shape index (κ1) is 12.3. The summed E-state index contributed by atoms with van der Waals surface area (Å²) in [5, 5.41) is 3.12. The van der Waals surface area contributed by atoms with Gasteiger partial charge in [0.05, 0.1) is 0 Å². The van der Waals surface area contributed by atoms with Crippen molar-refractivity contribution in [2.45, 2.75) is 13.5 Å². The Bertz CT molecular complexity index is 544. The van der Waals surface area contributed by atoms with E-state index in [2.05, 4.69) is 20.7 Å². The van der Waals surface area contributed by atoms with Gasteiger partial charge in [-0.05, 0) is 24.6 Å². The average Bonchev–Trinajstić information content (AvgIpc) is 2.38. The molecule has 0 saturated carbocycles. The predicted octanol–water partition coefficient (Wildman–Crippen LogP) is 1.82. The van der Waals surface area contributed by atoms with Crippen LogP contribution in [0, 0.1) is 12.7 Å². The summed E-state index contributed by atoms with van der Waals surface area (Å²) in [4.78, 5) is 8.16. The molecule has 0 aliphatic carbocycles. The summed E-state index contributed by atoms with van der Waals surface area (Å²) in [6, 6.07) is 6.41. The molecule has 1 aromatic heterocycles. The highest BCUT2D eigenvalue weighted by Gasteiger charge is 2.03. The zero-order valence-electron chi connectivity index (χ0n) is 9.94. The van der Waals surface area contributed by atoms with Gasteiger partial charge in [0.1, 0.15) is 11.6 Å². The third-order valence-corrected chi connectivity index (χ3v) is 2.45. The molecule has 5 nitrogen and oxygen atoms in total. The molecule has 2 aromatic rings. The lowest BCUT2D eigenvalue weighted by Gasteiger charge is -2.09. The summed E-state index contributed by atoms with van der Waals surface area (Å²) in [6.07, 6.45) is 1.66. The molecule has 0 fully saturated rings. The van der Waals surface area contributed by atoms with Crippen LogP contribution in [0.4, 0.5) is 16.2 Å². The number of hydrazine groups is 1. The van der Waals surface area contributed by atoms with E-state index >= 15 is 0 Å². The molecule has 6 heteroatoms. The van der Waals surface area contributed by atoms with Crippen LogP contribution in [-0.4, -0.2) is 9.97 Å². The lowest BCUT2D eigenvalue weighted by atomic mass is 10.2. The number of rotatable bonds is 4. The zero-order valence-corrected chi connectivity index (χ0v) is 9.94. The third kappa shape index (κ3) is 2.92. The Morgan fingerprint density at radius 2 is 2.22 bits per heavy atom. The van der Waals surface area contributed by atoms with E-state index in [4.69, 9.17) is 5.84 Å². The molecule has 2 rings (SSSR count). The molecular formula is C12H14FN5. The minimum Gasteiger partial charge on any atom is -0.366 e. The number of anilines is 2. The molecule has 0 amide bonds. The van der Waals surface area contributed by atoms with Crippen molar-refractivity contribution in [2.75, 3.05) is 10.7 Å². The highest BCUT2D eigenvalue weighted by molar-refractivity contribution is 5.46. The molecular weight excluding hydrogens is 233 g/mol. The number of nitrogens with two attached hydrogens (primary N) is 1. The van der Waals surface area contributed by atoms with Crippen LogP contribution in [0.2, 0.25) is 0 Å². The lowest BCUT2D eigenvalue weighted by Crippen LogP contribution is -2.12. The van der Waals surface area contributed by atoms with Crippen LogP contribution < -0.4 is 16.6 Å². The molecule has 18 heavy (non-hydrogen) atoms. The zero-order chi connectivity index (χ0) is 13.0. The number of nitrogens with zero attached hydrogens (tertiary/aromatic N) is 2. The fraction of sp³-hybridized carbons (Fsp3) is 0.167. The van der Waals surface area contributed by atoms with E-state index in [1.54, 1.807) is 12.3 Å². The first-order valence-corrected chi connectivity index (χ1v) is 5.47. The van der Waals surface area contributed by atoms with Crippen LogP contribution in [0.25, 0.3) is 0 Å². The molecule has 94 valence electrons. The second-order valence-electron chi connectivity index (χ2n) is 3.85. The van der Waals surface area contributed by atoms with Crippen LogP contribution >= 0.6 is 0 Å². The normalized spacial score (nSPS) is 10.2. The van der Waals surface area contributed by atoms with Gasteiger partial charge in [0, 0.05) is 18.3 Å². The minimum atomic E-state index is -0.252. The van der Waals surface area contributed by atoms with Gasteiger partial charge in [-0.2, -0.15) is 4.98 Å². The molecule has 4 N–H and O–H groups in total. The Morgan fingerprint density at radius 1 is 1.39 bits per heavy atom. The summed E-state index contributed by atoms with van der Waals surface area (Å²) in [7, 11) is 0. The molecule has 0 bridgehead atoms. The van der Waals surface area contributed by atoms with Gasteiger partial charge in [0.15, 0.2) is 0 Å². The van der Waals surface area contributed by atoms with E-state index in [1.807, 2.05) is 13.0 Å². The summed E-state index contributed by atoms with van der Waals surface area (Å²) in [5.74, 6) is 6.00. The van der Waals surface area contributed by atoms with Crippen molar-refractivity contribution in [3.63, 3.8) is 0 Å². The lowest BCUT2D eigenvalue weighted by molar-refractivity contribution is 0.626. The fourth-order valence-electron chi connectivity index (χ4n) is 1.52. The van der Waals surface area contributed by atoms with Crippen molar-refractivity contribution in [1.82, 2.24) is 9.97 Å².